The van der Waals surface area contributed by atoms with E-state index in [9.17, 15) is 0 Å². The van der Waals surface area contributed by atoms with Crippen LogP contribution >= 0.6 is 0 Å². The number of pyridine rings is 1. The molecule has 0 aliphatic heterocycles. The molecule has 0 aliphatic carbocycles. The van der Waals surface area contributed by atoms with Gasteiger partial charge in [0, 0.05) is 30.9 Å². The van der Waals surface area contributed by atoms with Gasteiger partial charge >= 0.3 is 0 Å². The van der Waals surface area contributed by atoms with Crippen LogP contribution in [0.4, 0.5) is 0 Å². The molecule has 2 nitrogen and oxygen atoms in total. The Labute approximate surface area is 98.5 Å². The van der Waals surface area contributed by atoms with E-state index in [0.29, 0.717) is 12.1 Å². The van der Waals surface area contributed by atoms with Crippen molar-refractivity contribution in [3.63, 3.8) is 0 Å². The Morgan fingerprint density at radius 2 is 2.31 bits per heavy atom. The summed E-state index contributed by atoms with van der Waals surface area (Å²) < 4.78 is 0. The SMILES string of the molecule is C#CCC(CC)NC(C)c1cnccc1C. The molecule has 2 heteroatoms. The Bertz CT molecular complexity index is 365. The number of nitrogens with one attached hydrogen (secondary N) is 1. The lowest BCUT2D eigenvalue weighted by Gasteiger charge is -2.21. The molecule has 1 aromatic heterocycles. The van der Waals surface area contributed by atoms with Crippen molar-refractivity contribution in [3.8, 4) is 12.3 Å². The van der Waals surface area contributed by atoms with Crippen LogP contribution in [0.15, 0.2) is 18.5 Å². The second kappa shape index (κ2) is 6.30. The Kier molecular flexibility index (Phi) is 5.01. The molecule has 1 aromatic rings. The first kappa shape index (κ1) is 12.7. The maximum Gasteiger partial charge on any atom is 0.0318 e. The van der Waals surface area contributed by atoms with Crippen molar-refractivity contribution in [3.05, 3.63) is 29.6 Å². The third-order valence-corrected chi connectivity index (χ3v) is 2.89. The van der Waals surface area contributed by atoms with Crippen LogP contribution in [0, 0.1) is 19.3 Å². The van der Waals surface area contributed by atoms with Crippen molar-refractivity contribution in [1.29, 1.82) is 0 Å². The van der Waals surface area contributed by atoms with Crippen LogP contribution in [0.25, 0.3) is 0 Å². The average Bonchev–Trinajstić information content (AvgIpc) is 2.28. The van der Waals surface area contributed by atoms with Crippen LogP contribution in [0.2, 0.25) is 0 Å². The summed E-state index contributed by atoms with van der Waals surface area (Å²) in [6.07, 6.45) is 10.9. The van der Waals surface area contributed by atoms with Gasteiger partial charge in [-0.2, -0.15) is 0 Å². The number of aryl methyl sites for hydroxylation is 1. The van der Waals surface area contributed by atoms with Crippen molar-refractivity contribution in [1.82, 2.24) is 10.3 Å². The van der Waals surface area contributed by atoms with E-state index in [2.05, 4.69) is 37.0 Å². The summed E-state index contributed by atoms with van der Waals surface area (Å²) in [5.74, 6) is 2.71. The van der Waals surface area contributed by atoms with Crippen LogP contribution in [0.3, 0.4) is 0 Å². The summed E-state index contributed by atoms with van der Waals surface area (Å²) >= 11 is 0. The van der Waals surface area contributed by atoms with Crippen LogP contribution < -0.4 is 5.32 Å². The molecule has 2 atom stereocenters. The normalized spacial score (nSPS) is 14.1. The van der Waals surface area contributed by atoms with E-state index < -0.39 is 0 Å². The number of aromatic nitrogens is 1. The van der Waals surface area contributed by atoms with E-state index in [-0.39, 0.29) is 0 Å². The van der Waals surface area contributed by atoms with Crippen LogP contribution in [0.5, 0.6) is 0 Å². The maximum absolute atomic E-state index is 5.35. The minimum atomic E-state index is 0.298. The Morgan fingerprint density at radius 1 is 1.56 bits per heavy atom. The maximum atomic E-state index is 5.35. The highest BCUT2D eigenvalue weighted by Crippen LogP contribution is 2.17. The molecule has 0 bridgehead atoms. The van der Waals surface area contributed by atoms with Gasteiger partial charge in [0.25, 0.3) is 0 Å². The summed E-state index contributed by atoms with van der Waals surface area (Å²) in [5, 5.41) is 3.54. The van der Waals surface area contributed by atoms with Crippen molar-refractivity contribution in [2.75, 3.05) is 0 Å². The molecule has 0 saturated carbocycles. The summed E-state index contributed by atoms with van der Waals surface area (Å²) in [6, 6.07) is 2.72. The average molecular weight is 216 g/mol. The lowest BCUT2D eigenvalue weighted by atomic mass is 10.0. The summed E-state index contributed by atoms with van der Waals surface area (Å²) in [6.45, 7) is 6.42. The van der Waals surface area contributed by atoms with Gasteiger partial charge in [-0.05, 0) is 37.5 Å². The Morgan fingerprint density at radius 3 is 2.88 bits per heavy atom. The van der Waals surface area contributed by atoms with Crippen molar-refractivity contribution >= 4 is 0 Å². The van der Waals surface area contributed by atoms with E-state index in [4.69, 9.17) is 6.42 Å². The second-order valence-electron chi connectivity index (χ2n) is 4.13. The van der Waals surface area contributed by atoms with Crippen molar-refractivity contribution in [2.24, 2.45) is 0 Å². The number of hydrogen-bond acceptors (Lipinski definition) is 2. The highest BCUT2D eigenvalue weighted by atomic mass is 14.9. The zero-order valence-electron chi connectivity index (χ0n) is 10.3. The fraction of sp³-hybridized carbons (Fsp3) is 0.500. The molecule has 0 amide bonds. The zero-order valence-corrected chi connectivity index (χ0v) is 10.3. The minimum absolute atomic E-state index is 0.298. The molecule has 0 aliphatic rings. The molecule has 1 rings (SSSR count). The van der Waals surface area contributed by atoms with Gasteiger partial charge in [0.1, 0.15) is 0 Å². The first-order valence-corrected chi connectivity index (χ1v) is 5.79. The van der Waals surface area contributed by atoms with Gasteiger partial charge in [-0.15, -0.1) is 12.3 Å². The van der Waals surface area contributed by atoms with Gasteiger partial charge in [0.15, 0.2) is 0 Å². The van der Waals surface area contributed by atoms with E-state index in [0.717, 1.165) is 12.8 Å². The van der Waals surface area contributed by atoms with E-state index >= 15 is 0 Å². The zero-order chi connectivity index (χ0) is 12.0. The predicted octanol–water partition coefficient (Wildman–Crippen LogP) is 2.84. The molecular weight excluding hydrogens is 196 g/mol. The fourth-order valence-corrected chi connectivity index (χ4v) is 1.84. The largest absolute Gasteiger partial charge is 0.306 e. The van der Waals surface area contributed by atoms with Gasteiger partial charge in [-0.1, -0.05) is 6.92 Å². The standard InChI is InChI=1S/C14H20N2/c1-5-7-13(6-2)16-12(4)14-10-15-9-8-11(14)3/h1,8-10,12-13,16H,6-7H2,2-4H3. The highest BCUT2D eigenvalue weighted by molar-refractivity contribution is 5.24. The van der Waals surface area contributed by atoms with Crippen LogP contribution in [-0.2, 0) is 0 Å². The van der Waals surface area contributed by atoms with Gasteiger partial charge in [0.2, 0.25) is 0 Å². The topological polar surface area (TPSA) is 24.9 Å². The van der Waals surface area contributed by atoms with Gasteiger partial charge in [0.05, 0.1) is 0 Å². The Hall–Kier alpha value is -1.33. The molecule has 0 aromatic carbocycles. The summed E-state index contributed by atoms with van der Waals surface area (Å²) in [7, 11) is 0. The van der Waals surface area contributed by atoms with E-state index in [1.54, 1.807) is 0 Å². The molecule has 0 radical (unpaired) electrons. The second-order valence-corrected chi connectivity index (χ2v) is 4.13. The number of nitrogens with zero attached hydrogens (tertiary/aromatic N) is 1. The van der Waals surface area contributed by atoms with Crippen LogP contribution in [0.1, 0.15) is 43.9 Å². The van der Waals surface area contributed by atoms with Gasteiger partial charge < -0.3 is 5.32 Å². The first-order valence-electron chi connectivity index (χ1n) is 5.79. The molecular formula is C14H20N2. The third kappa shape index (κ3) is 3.36. The summed E-state index contributed by atoms with van der Waals surface area (Å²) in [4.78, 5) is 4.17. The lowest BCUT2D eigenvalue weighted by molar-refractivity contribution is 0.447. The van der Waals surface area contributed by atoms with Crippen molar-refractivity contribution in [2.45, 2.75) is 45.7 Å². The van der Waals surface area contributed by atoms with Crippen LogP contribution in [-0.4, -0.2) is 11.0 Å². The van der Waals surface area contributed by atoms with Gasteiger partial charge in [-0.3, -0.25) is 4.98 Å². The number of hydrogen-bond donors (Lipinski definition) is 1. The molecule has 1 heterocycles. The monoisotopic (exact) mass is 216 g/mol. The predicted molar refractivity (Wildman–Crippen MR) is 68.1 cm³/mol. The molecule has 16 heavy (non-hydrogen) atoms. The van der Waals surface area contributed by atoms with Crippen molar-refractivity contribution < 1.29 is 0 Å². The summed E-state index contributed by atoms with van der Waals surface area (Å²) in [5.41, 5.74) is 2.52. The third-order valence-electron chi connectivity index (χ3n) is 2.89. The van der Waals surface area contributed by atoms with Gasteiger partial charge in [-0.25, -0.2) is 0 Å². The van der Waals surface area contributed by atoms with E-state index in [1.807, 2.05) is 18.5 Å². The smallest absolute Gasteiger partial charge is 0.0318 e. The highest BCUT2D eigenvalue weighted by Gasteiger charge is 2.12. The number of rotatable bonds is 5. The molecule has 0 spiro atoms. The molecule has 0 fully saturated rings. The molecule has 86 valence electrons. The Balaban J connectivity index is 2.68. The minimum Gasteiger partial charge on any atom is -0.306 e. The first-order chi connectivity index (χ1) is 7.69. The van der Waals surface area contributed by atoms with E-state index in [1.165, 1.54) is 11.1 Å². The molecule has 0 saturated heterocycles. The molecule has 1 N–H and O–H groups in total. The number of terminal acetylenes is 1. The molecule has 2 unspecified atom stereocenters. The fourth-order valence-electron chi connectivity index (χ4n) is 1.84. The lowest BCUT2D eigenvalue weighted by Crippen LogP contribution is -2.31. The quantitative estimate of drug-likeness (QED) is 0.766.